The molecule has 0 amide bonds. The van der Waals surface area contributed by atoms with Crippen LogP contribution in [0.2, 0.25) is 18.1 Å². The fraction of sp³-hybridized carbons (Fsp3) is 0.846. The Bertz CT molecular complexity index is 234. The minimum Gasteiger partial charge on any atom is -0.410 e. The molecule has 0 aromatic heterocycles. The molecular formula is C13H27IO2Si. The second-order valence-electron chi connectivity index (χ2n) is 5.72. The average molecular weight is 370 g/mol. The summed E-state index contributed by atoms with van der Waals surface area (Å²) in [5, 5.41) is 0.260. The molecule has 0 N–H and O–H groups in total. The van der Waals surface area contributed by atoms with E-state index < -0.39 is 8.32 Å². The highest BCUT2D eigenvalue weighted by molar-refractivity contribution is 14.1. The summed E-state index contributed by atoms with van der Waals surface area (Å²) in [5.41, 5.74) is 0. The molecule has 4 heteroatoms. The molecule has 0 aromatic carbocycles. The summed E-state index contributed by atoms with van der Waals surface area (Å²) in [4.78, 5) is 0. The third-order valence-corrected chi connectivity index (χ3v) is 8.21. The number of rotatable bonds is 7. The molecule has 0 fully saturated rings. The van der Waals surface area contributed by atoms with Crippen LogP contribution in [0.3, 0.4) is 0 Å². The van der Waals surface area contributed by atoms with Gasteiger partial charge in [-0.15, -0.1) is 0 Å². The molecule has 0 aliphatic heterocycles. The standard InChI is InChI=1S/C13H27IO2Si/c1-7-15-11-9-12(8-10-14)16-17(5,6)13(2,3)4/h8,10,12H,7,9,11H2,1-6H3/b10-8+/t12-/m1/s1. The third kappa shape index (κ3) is 6.93. The molecule has 17 heavy (non-hydrogen) atoms. The van der Waals surface area contributed by atoms with Crippen LogP contribution in [0.25, 0.3) is 0 Å². The molecule has 0 aliphatic rings. The first kappa shape index (κ1) is 17.6. The van der Waals surface area contributed by atoms with E-state index in [1.165, 1.54) is 0 Å². The van der Waals surface area contributed by atoms with Crippen molar-refractivity contribution in [3.63, 3.8) is 0 Å². The molecule has 0 spiro atoms. The number of hydrogen-bond acceptors (Lipinski definition) is 2. The smallest absolute Gasteiger partial charge is 0.192 e. The summed E-state index contributed by atoms with van der Waals surface area (Å²) >= 11 is 2.25. The van der Waals surface area contributed by atoms with Gasteiger partial charge >= 0.3 is 0 Å². The van der Waals surface area contributed by atoms with Gasteiger partial charge in [-0.25, -0.2) is 0 Å². The van der Waals surface area contributed by atoms with Gasteiger partial charge in [0.05, 0.1) is 6.10 Å². The molecule has 0 bridgehead atoms. The summed E-state index contributed by atoms with van der Waals surface area (Å²) in [7, 11) is -1.68. The van der Waals surface area contributed by atoms with Crippen LogP contribution in [0.5, 0.6) is 0 Å². The van der Waals surface area contributed by atoms with Gasteiger partial charge in [0.25, 0.3) is 0 Å². The molecule has 0 aromatic rings. The number of halogens is 1. The lowest BCUT2D eigenvalue weighted by Crippen LogP contribution is -2.43. The molecule has 0 heterocycles. The Morgan fingerprint density at radius 3 is 2.29 bits per heavy atom. The van der Waals surface area contributed by atoms with Crippen molar-refractivity contribution in [1.82, 2.24) is 0 Å². The van der Waals surface area contributed by atoms with E-state index in [9.17, 15) is 0 Å². The van der Waals surface area contributed by atoms with E-state index >= 15 is 0 Å². The van der Waals surface area contributed by atoms with Crippen LogP contribution in [0.1, 0.15) is 34.1 Å². The van der Waals surface area contributed by atoms with Crippen molar-refractivity contribution in [2.75, 3.05) is 13.2 Å². The van der Waals surface area contributed by atoms with Crippen LogP contribution in [0, 0.1) is 0 Å². The van der Waals surface area contributed by atoms with E-state index in [-0.39, 0.29) is 11.1 Å². The van der Waals surface area contributed by atoms with Gasteiger partial charge in [-0.3, -0.25) is 0 Å². The van der Waals surface area contributed by atoms with Gasteiger partial charge in [0.15, 0.2) is 8.32 Å². The van der Waals surface area contributed by atoms with E-state index in [0.717, 1.165) is 19.6 Å². The highest BCUT2D eigenvalue weighted by Gasteiger charge is 2.38. The fourth-order valence-electron chi connectivity index (χ4n) is 1.17. The molecule has 0 aliphatic carbocycles. The first-order chi connectivity index (χ1) is 7.74. The van der Waals surface area contributed by atoms with E-state index in [1.54, 1.807) is 0 Å². The lowest BCUT2D eigenvalue weighted by molar-refractivity contribution is 0.110. The van der Waals surface area contributed by atoms with Crippen molar-refractivity contribution in [2.45, 2.75) is 58.4 Å². The van der Waals surface area contributed by atoms with E-state index in [2.05, 4.69) is 62.5 Å². The summed E-state index contributed by atoms with van der Waals surface area (Å²) < 4.78 is 13.8. The fourth-order valence-corrected chi connectivity index (χ4v) is 2.94. The zero-order chi connectivity index (χ0) is 13.5. The van der Waals surface area contributed by atoms with Crippen molar-refractivity contribution in [3.05, 3.63) is 10.2 Å². The van der Waals surface area contributed by atoms with Crippen molar-refractivity contribution in [2.24, 2.45) is 0 Å². The SMILES string of the molecule is CCOCC[C@@H](/C=C/I)O[Si](C)(C)C(C)(C)C. The van der Waals surface area contributed by atoms with Crippen molar-refractivity contribution >= 4 is 30.9 Å². The Morgan fingerprint density at radius 2 is 1.88 bits per heavy atom. The predicted molar refractivity (Wildman–Crippen MR) is 86.3 cm³/mol. The van der Waals surface area contributed by atoms with Gasteiger partial charge in [-0.1, -0.05) is 49.4 Å². The molecule has 0 rings (SSSR count). The first-order valence-corrected chi connectivity index (χ1v) is 10.4. The van der Waals surface area contributed by atoms with Gasteiger partial charge in [0.2, 0.25) is 0 Å². The van der Waals surface area contributed by atoms with Gasteiger partial charge in [0.1, 0.15) is 0 Å². The Morgan fingerprint density at radius 1 is 1.29 bits per heavy atom. The molecular weight excluding hydrogens is 343 g/mol. The van der Waals surface area contributed by atoms with Crippen LogP contribution in [-0.4, -0.2) is 27.6 Å². The van der Waals surface area contributed by atoms with Crippen molar-refractivity contribution in [3.8, 4) is 0 Å². The van der Waals surface area contributed by atoms with Crippen molar-refractivity contribution in [1.29, 1.82) is 0 Å². The van der Waals surface area contributed by atoms with E-state index in [1.807, 2.05) is 11.0 Å². The maximum Gasteiger partial charge on any atom is 0.192 e. The van der Waals surface area contributed by atoms with E-state index in [0.29, 0.717) is 0 Å². The molecule has 2 nitrogen and oxygen atoms in total. The molecule has 0 radical (unpaired) electrons. The van der Waals surface area contributed by atoms with Gasteiger partial charge in [0, 0.05) is 13.2 Å². The van der Waals surface area contributed by atoms with Gasteiger partial charge in [-0.2, -0.15) is 0 Å². The third-order valence-electron chi connectivity index (χ3n) is 3.29. The molecule has 1 atom stereocenters. The summed E-state index contributed by atoms with van der Waals surface area (Å²) in [5.74, 6) is 0. The number of ether oxygens (including phenoxy) is 1. The molecule has 0 unspecified atom stereocenters. The first-order valence-electron chi connectivity index (χ1n) is 6.27. The van der Waals surface area contributed by atoms with Crippen LogP contribution in [-0.2, 0) is 9.16 Å². The summed E-state index contributed by atoms with van der Waals surface area (Å²) in [6.07, 6.45) is 3.28. The van der Waals surface area contributed by atoms with Crippen LogP contribution in [0.4, 0.5) is 0 Å². The molecule has 0 saturated heterocycles. The highest BCUT2D eigenvalue weighted by atomic mass is 127. The van der Waals surface area contributed by atoms with Gasteiger partial charge in [-0.05, 0) is 35.6 Å². The van der Waals surface area contributed by atoms with E-state index in [4.69, 9.17) is 9.16 Å². The summed E-state index contributed by atoms with van der Waals surface area (Å²) in [6, 6.07) is 0. The topological polar surface area (TPSA) is 18.5 Å². The lowest BCUT2D eigenvalue weighted by atomic mass is 10.2. The monoisotopic (exact) mass is 370 g/mol. The minimum atomic E-state index is -1.68. The second kappa shape index (κ2) is 7.91. The second-order valence-corrected chi connectivity index (χ2v) is 11.2. The zero-order valence-corrected chi connectivity index (χ0v) is 15.2. The van der Waals surface area contributed by atoms with Crippen molar-refractivity contribution < 1.29 is 9.16 Å². The maximum absolute atomic E-state index is 6.36. The Hall–Kier alpha value is 0.607. The normalized spacial score (nSPS) is 15.5. The Labute approximate surface area is 121 Å². The summed E-state index contributed by atoms with van der Waals surface area (Å²) in [6.45, 7) is 15.0. The van der Waals surface area contributed by atoms with Gasteiger partial charge < -0.3 is 9.16 Å². The number of hydrogen-bond donors (Lipinski definition) is 0. The quantitative estimate of drug-likeness (QED) is 0.366. The lowest BCUT2D eigenvalue weighted by Gasteiger charge is -2.38. The maximum atomic E-state index is 6.36. The minimum absolute atomic E-state index is 0.194. The Balaban J connectivity index is 4.43. The molecule has 0 saturated carbocycles. The van der Waals surface area contributed by atoms with Crippen LogP contribution in [0.15, 0.2) is 10.2 Å². The molecule has 102 valence electrons. The Kier molecular flexibility index (Phi) is 8.20. The highest BCUT2D eigenvalue weighted by Crippen LogP contribution is 2.37. The van der Waals surface area contributed by atoms with Crippen LogP contribution < -0.4 is 0 Å². The average Bonchev–Trinajstić information content (AvgIpc) is 2.16. The predicted octanol–water partition coefficient (Wildman–Crippen LogP) is 4.75. The zero-order valence-electron chi connectivity index (χ0n) is 12.0. The van der Waals surface area contributed by atoms with Crippen LogP contribution >= 0.6 is 22.6 Å². The largest absolute Gasteiger partial charge is 0.410 e.